The highest BCUT2D eigenvalue weighted by atomic mass is 16.1. The number of aromatic nitrogens is 2. The molecule has 3 aromatic rings. The zero-order chi connectivity index (χ0) is 19.3. The van der Waals surface area contributed by atoms with Gasteiger partial charge in [0.05, 0.1) is 5.52 Å². The fourth-order valence-electron chi connectivity index (χ4n) is 3.39. The van der Waals surface area contributed by atoms with E-state index in [4.69, 9.17) is 5.73 Å². The van der Waals surface area contributed by atoms with Crippen molar-refractivity contribution >= 4 is 28.3 Å². The molecule has 4 rings (SSSR count). The van der Waals surface area contributed by atoms with Gasteiger partial charge in [0.2, 0.25) is 0 Å². The summed E-state index contributed by atoms with van der Waals surface area (Å²) >= 11 is 0. The third-order valence-corrected chi connectivity index (χ3v) is 5.03. The second-order valence-electron chi connectivity index (χ2n) is 6.98. The Bertz CT molecular complexity index is 966. The van der Waals surface area contributed by atoms with Gasteiger partial charge in [-0.1, -0.05) is 12.1 Å². The highest BCUT2D eigenvalue weighted by molar-refractivity contribution is 6.00. The summed E-state index contributed by atoms with van der Waals surface area (Å²) in [5.74, 6) is 0.648. The molecule has 7 nitrogen and oxygen atoms in total. The molecular formula is C21H24N6O. The predicted molar refractivity (Wildman–Crippen MR) is 111 cm³/mol. The van der Waals surface area contributed by atoms with Gasteiger partial charge in [-0.15, -0.1) is 0 Å². The number of hydrogen-bond donors (Lipinski definition) is 4. The van der Waals surface area contributed by atoms with Crippen LogP contribution in [0.2, 0.25) is 0 Å². The fourth-order valence-corrected chi connectivity index (χ4v) is 3.39. The van der Waals surface area contributed by atoms with E-state index in [1.807, 2.05) is 42.5 Å². The molecule has 0 saturated carbocycles. The SMILES string of the molecule is NCc1ccc(Nc2ncnc3cc(C(=O)NC4CCNCC4)ccc23)cc1. The maximum atomic E-state index is 12.6. The molecule has 0 atom stereocenters. The van der Waals surface area contributed by atoms with Crippen LogP contribution < -0.4 is 21.7 Å². The standard InChI is InChI=1S/C21H24N6O/c22-12-14-1-4-16(5-2-14)26-20-18-6-3-15(11-19(18)24-13-25-20)21(28)27-17-7-9-23-10-8-17/h1-6,11,13,17,23H,7-10,12,22H2,(H,27,28)(H,24,25,26). The van der Waals surface area contributed by atoms with Crippen LogP contribution in [0.5, 0.6) is 0 Å². The van der Waals surface area contributed by atoms with Gasteiger partial charge in [0.25, 0.3) is 5.91 Å². The van der Waals surface area contributed by atoms with Crippen LogP contribution in [-0.4, -0.2) is 35.0 Å². The number of amides is 1. The molecule has 2 aromatic carbocycles. The van der Waals surface area contributed by atoms with Crippen molar-refractivity contribution in [3.8, 4) is 0 Å². The Kier molecular flexibility index (Phi) is 5.45. The van der Waals surface area contributed by atoms with Crippen LogP contribution in [0.3, 0.4) is 0 Å². The Labute approximate surface area is 163 Å². The summed E-state index contributed by atoms with van der Waals surface area (Å²) in [5, 5.41) is 10.6. The number of nitrogens with two attached hydrogens (primary N) is 1. The smallest absolute Gasteiger partial charge is 0.251 e. The van der Waals surface area contributed by atoms with Gasteiger partial charge >= 0.3 is 0 Å². The van der Waals surface area contributed by atoms with Crippen LogP contribution in [-0.2, 0) is 6.54 Å². The lowest BCUT2D eigenvalue weighted by molar-refractivity contribution is 0.0929. The molecule has 1 amide bonds. The van der Waals surface area contributed by atoms with Gasteiger partial charge in [-0.2, -0.15) is 0 Å². The van der Waals surface area contributed by atoms with E-state index >= 15 is 0 Å². The summed E-state index contributed by atoms with van der Waals surface area (Å²) in [6.45, 7) is 2.40. The molecule has 0 radical (unpaired) electrons. The Hall–Kier alpha value is -3.03. The van der Waals surface area contributed by atoms with Gasteiger partial charge in [-0.25, -0.2) is 9.97 Å². The molecule has 0 bridgehead atoms. The molecule has 0 unspecified atom stereocenters. The van der Waals surface area contributed by atoms with Crippen molar-refractivity contribution in [3.63, 3.8) is 0 Å². The second kappa shape index (κ2) is 8.33. The Balaban J connectivity index is 1.54. The summed E-state index contributed by atoms with van der Waals surface area (Å²) in [6, 6.07) is 13.7. The molecule has 5 N–H and O–H groups in total. The Morgan fingerprint density at radius 2 is 1.89 bits per heavy atom. The number of carbonyl (C=O) groups is 1. The number of piperidine rings is 1. The number of anilines is 2. The topological polar surface area (TPSA) is 105 Å². The molecule has 1 aliphatic heterocycles. The number of rotatable bonds is 5. The van der Waals surface area contributed by atoms with Crippen LogP contribution >= 0.6 is 0 Å². The van der Waals surface area contributed by atoms with E-state index in [9.17, 15) is 4.79 Å². The van der Waals surface area contributed by atoms with Crippen molar-refractivity contribution in [1.82, 2.24) is 20.6 Å². The van der Waals surface area contributed by atoms with Crippen LogP contribution in [0, 0.1) is 0 Å². The quantitative estimate of drug-likeness (QED) is 0.545. The van der Waals surface area contributed by atoms with Gasteiger partial charge in [-0.3, -0.25) is 4.79 Å². The lowest BCUT2D eigenvalue weighted by atomic mass is 10.1. The molecule has 28 heavy (non-hydrogen) atoms. The van der Waals surface area contributed by atoms with Gasteiger partial charge in [0.1, 0.15) is 12.1 Å². The minimum Gasteiger partial charge on any atom is -0.349 e. The zero-order valence-corrected chi connectivity index (χ0v) is 15.6. The lowest BCUT2D eigenvalue weighted by Gasteiger charge is -2.23. The highest BCUT2D eigenvalue weighted by Gasteiger charge is 2.17. The minimum atomic E-state index is -0.0562. The molecule has 1 aliphatic rings. The average molecular weight is 376 g/mol. The monoisotopic (exact) mass is 376 g/mol. The summed E-state index contributed by atoms with van der Waals surface area (Å²) in [4.78, 5) is 21.3. The number of hydrogen-bond acceptors (Lipinski definition) is 6. The van der Waals surface area contributed by atoms with Crippen molar-refractivity contribution in [2.24, 2.45) is 5.73 Å². The Morgan fingerprint density at radius 1 is 1.11 bits per heavy atom. The van der Waals surface area contributed by atoms with E-state index in [1.54, 1.807) is 0 Å². The molecule has 0 spiro atoms. The van der Waals surface area contributed by atoms with Crippen molar-refractivity contribution < 1.29 is 4.79 Å². The van der Waals surface area contributed by atoms with E-state index in [1.165, 1.54) is 6.33 Å². The first-order valence-corrected chi connectivity index (χ1v) is 9.55. The van der Waals surface area contributed by atoms with Crippen molar-refractivity contribution in [3.05, 3.63) is 59.9 Å². The van der Waals surface area contributed by atoms with Gasteiger partial charge in [-0.05, 0) is 61.8 Å². The van der Waals surface area contributed by atoms with E-state index < -0.39 is 0 Å². The van der Waals surface area contributed by atoms with Crippen LogP contribution in [0.25, 0.3) is 10.9 Å². The third-order valence-electron chi connectivity index (χ3n) is 5.03. The van der Waals surface area contributed by atoms with E-state index in [2.05, 4.69) is 25.9 Å². The lowest BCUT2D eigenvalue weighted by Crippen LogP contribution is -2.42. The number of benzene rings is 2. The van der Waals surface area contributed by atoms with E-state index in [0.717, 1.165) is 48.1 Å². The molecule has 7 heteroatoms. The first-order chi connectivity index (χ1) is 13.7. The Morgan fingerprint density at radius 3 is 2.64 bits per heavy atom. The fraction of sp³-hybridized carbons (Fsp3) is 0.286. The van der Waals surface area contributed by atoms with E-state index in [-0.39, 0.29) is 11.9 Å². The molecule has 1 aromatic heterocycles. The number of carbonyl (C=O) groups excluding carboxylic acids is 1. The largest absolute Gasteiger partial charge is 0.349 e. The summed E-state index contributed by atoms with van der Waals surface area (Å²) < 4.78 is 0. The van der Waals surface area contributed by atoms with Crippen LogP contribution in [0.1, 0.15) is 28.8 Å². The number of nitrogens with one attached hydrogen (secondary N) is 3. The van der Waals surface area contributed by atoms with Crippen LogP contribution in [0.15, 0.2) is 48.8 Å². The maximum Gasteiger partial charge on any atom is 0.251 e. The molecular weight excluding hydrogens is 352 g/mol. The maximum absolute atomic E-state index is 12.6. The van der Waals surface area contributed by atoms with Crippen LogP contribution in [0.4, 0.5) is 11.5 Å². The number of fused-ring (bicyclic) bond motifs is 1. The minimum absolute atomic E-state index is 0.0562. The summed E-state index contributed by atoms with van der Waals surface area (Å²) in [5.41, 5.74) is 8.99. The van der Waals surface area contributed by atoms with Gasteiger partial charge in [0.15, 0.2) is 0 Å². The highest BCUT2D eigenvalue weighted by Crippen LogP contribution is 2.24. The summed E-state index contributed by atoms with van der Waals surface area (Å²) in [6.07, 6.45) is 3.42. The normalized spacial score (nSPS) is 14.8. The van der Waals surface area contributed by atoms with Gasteiger partial charge < -0.3 is 21.7 Å². The molecule has 2 heterocycles. The third kappa shape index (κ3) is 4.11. The molecule has 1 fully saturated rings. The molecule has 0 aliphatic carbocycles. The number of nitrogens with zero attached hydrogens (tertiary/aromatic N) is 2. The average Bonchev–Trinajstić information content (AvgIpc) is 2.75. The van der Waals surface area contributed by atoms with Crippen molar-refractivity contribution in [1.29, 1.82) is 0 Å². The van der Waals surface area contributed by atoms with Crippen molar-refractivity contribution in [2.75, 3.05) is 18.4 Å². The van der Waals surface area contributed by atoms with Gasteiger partial charge in [0, 0.05) is 29.2 Å². The predicted octanol–water partition coefficient (Wildman–Crippen LogP) is 2.31. The van der Waals surface area contributed by atoms with Crippen molar-refractivity contribution in [2.45, 2.75) is 25.4 Å². The first kappa shape index (κ1) is 18.3. The molecule has 144 valence electrons. The second-order valence-corrected chi connectivity index (χ2v) is 6.98. The summed E-state index contributed by atoms with van der Waals surface area (Å²) in [7, 11) is 0. The molecule has 1 saturated heterocycles. The first-order valence-electron chi connectivity index (χ1n) is 9.55. The van der Waals surface area contributed by atoms with E-state index in [0.29, 0.717) is 17.9 Å². The zero-order valence-electron chi connectivity index (χ0n) is 15.6.